The minimum Gasteiger partial charge on any atom is -0.388 e. The van der Waals surface area contributed by atoms with Gasteiger partial charge in [0.25, 0.3) is 0 Å². The third-order valence-electron chi connectivity index (χ3n) is 2.20. The molecule has 0 aromatic heterocycles. The first-order chi connectivity index (χ1) is 5.54. The summed E-state index contributed by atoms with van der Waals surface area (Å²) in [4.78, 5) is 0. The summed E-state index contributed by atoms with van der Waals surface area (Å²) in [6.45, 7) is 3.90. The van der Waals surface area contributed by atoms with Gasteiger partial charge in [-0.1, -0.05) is 13.8 Å². The average molecular weight is 176 g/mol. The van der Waals surface area contributed by atoms with Gasteiger partial charge in [0.15, 0.2) is 0 Å². The zero-order valence-electron chi connectivity index (χ0n) is 7.34. The van der Waals surface area contributed by atoms with Crippen LogP contribution < -0.4 is 0 Å². The zero-order valence-corrected chi connectivity index (χ0v) is 7.34. The molecule has 0 radical (unpaired) electrons. The highest BCUT2D eigenvalue weighted by molar-refractivity contribution is 4.87. The van der Waals surface area contributed by atoms with E-state index >= 15 is 0 Å². The predicted octanol–water partition coefficient (Wildman–Crippen LogP) is -0.876. The van der Waals surface area contributed by atoms with Gasteiger partial charge >= 0.3 is 0 Å². The number of hydrogen-bond acceptors (Lipinski definition) is 4. The molecule has 0 aromatic carbocycles. The molecule has 1 aliphatic heterocycles. The van der Waals surface area contributed by atoms with E-state index in [1.165, 1.54) is 0 Å². The van der Waals surface area contributed by atoms with Crippen molar-refractivity contribution >= 4 is 0 Å². The molecule has 1 heterocycles. The first-order valence-corrected chi connectivity index (χ1v) is 4.20. The molecule has 1 fully saturated rings. The fourth-order valence-corrected chi connectivity index (χ4v) is 1.42. The molecule has 1 unspecified atom stereocenters. The van der Waals surface area contributed by atoms with Gasteiger partial charge < -0.3 is 20.1 Å². The molecule has 1 aliphatic rings. The molecule has 0 bridgehead atoms. The van der Waals surface area contributed by atoms with Gasteiger partial charge in [0.2, 0.25) is 0 Å². The van der Waals surface area contributed by atoms with Crippen molar-refractivity contribution in [2.24, 2.45) is 5.92 Å². The van der Waals surface area contributed by atoms with Gasteiger partial charge in [0, 0.05) is 0 Å². The zero-order chi connectivity index (χ0) is 9.30. The Balaban J connectivity index is 2.58. The van der Waals surface area contributed by atoms with Crippen LogP contribution in [0.25, 0.3) is 0 Å². The van der Waals surface area contributed by atoms with Crippen molar-refractivity contribution in [2.45, 2.75) is 38.3 Å². The molecule has 3 N–H and O–H groups in total. The summed E-state index contributed by atoms with van der Waals surface area (Å²) < 4.78 is 5.17. The van der Waals surface area contributed by atoms with E-state index in [0.29, 0.717) is 0 Å². The third-order valence-corrected chi connectivity index (χ3v) is 2.20. The Kier molecular flexibility index (Phi) is 3.06. The van der Waals surface area contributed by atoms with E-state index in [1.54, 1.807) is 0 Å². The molecule has 0 aromatic rings. The summed E-state index contributed by atoms with van der Waals surface area (Å²) in [5.41, 5.74) is 0. The minimum absolute atomic E-state index is 0.0983. The largest absolute Gasteiger partial charge is 0.388 e. The molecule has 12 heavy (non-hydrogen) atoms. The van der Waals surface area contributed by atoms with Gasteiger partial charge in [-0.05, 0) is 5.92 Å². The van der Waals surface area contributed by atoms with Crippen molar-refractivity contribution in [1.82, 2.24) is 0 Å². The van der Waals surface area contributed by atoms with Gasteiger partial charge in [-0.25, -0.2) is 0 Å². The molecule has 1 rings (SSSR count). The summed E-state index contributed by atoms with van der Waals surface area (Å²) in [7, 11) is 0. The van der Waals surface area contributed by atoms with Crippen molar-refractivity contribution in [3.63, 3.8) is 0 Å². The fraction of sp³-hybridized carbons (Fsp3) is 1.00. The molecule has 72 valence electrons. The summed E-state index contributed by atoms with van der Waals surface area (Å²) >= 11 is 0. The number of rotatable bonds is 1. The van der Waals surface area contributed by atoms with Crippen LogP contribution in [0.3, 0.4) is 0 Å². The molecule has 4 atom stereocenters. The van der Waals surface area contributed by atoms with Crippen LogP contribution in [0.4, 0.5) is 0 Å². The van der Waals surface area contributed by atoms with Gasteiger partial charge in [-0.3, -0.25) is 0 Å². The Labute approximate surface area is 71.8 Å². The molecular weight excluding hydrogens is 160 g/mol. The topological polar surface area (TPSA) is 69.9 Å². The maximum atomic E-state index is 9.44. The number of ether oxygens (including phenoxy) is 1. The Morgan fingerprint density at radius 3 is 2.25 bits per heavy atom. The number of aliphatic hydroxyl groups excluding tert-OH is 3. The smallest absolute Gasteiger partial charge is 0.111 e. The average Bonchev–Trinajstić information content (AvgIpc) is 2.00. The van der Waals surface area contributed by atoms with Gasteiger partial charge in [0.1, 0.15) is 18.3 Å². The summed E-state index contributed by atoms with van der Waals surface area (Å²) in [6, 6.07) is 0. The van der Waals surface area contributed by atoms with Crippen LogP contribution in [0.15, 0.2) is 0 Å². The van der Waals surface area contributed by atoms with Gasteiger partial charge in [0.05, 0.1) is 12.7 Å². The summed E-state index contributed by atoms with van der Waals surface area (Å²) in [5, 5.41) is 27.8. The Morgan fingerprint density at radius 2 is 1.75 bits per heavy atom. The maximum absolute atomic E-state index is 9.44. The second-order valence-electron chi connectivity index (χ2n) is 3.59. The maximum Gasteiger partial charge on any atom is 0.111 e. The molecule has 0 spiro atoms. The van der Waals surface area contributed by atoms with Crippen LogP contribution in [0, 0.1) is 5.92 Å². The second-order valence-corrected chi connectivity index (χ2v) is 3.59. The summed E-state index contributed by atoms with van der Waals surface area (Å²) in [5.74, 6) is 0.141. The van der Waals surface area contributed by atoms with Crippen molar-refractivity contribution in [3.8, 4) is 0 Å². The molecule has 4 heteroatoms. The van der Waals surface area contributed by atoms with Crippen LogP contribution in [0.1, 0.15) is 13.8 Å². The minimum atomic E-state index is -1.08. The van der Waals surface area contributed by atoms with E-state index in [-0.39, 0.29) is 18.6 Å². The van der Waals surface area contributed by atoms with Crippen LogP contribution in [-0.2, 0) is 4.74 Å². The van der Waals surface area contributed by atoms with Crippen LogP contribution in [-0.4, -0.2) is 46.3 Å². The van der Waals surface area contributed by atoms with Crippen LogP contribution >= 0.6 is 0 Å². The highest BCUT2D eigenvalue weighted by Crippen LogP contribution is 2.20. The predicted molar refractivity (Wildman–Crippen MR) is 42.6 cm³/mol. The van der Waals surface area contributed by atoms with Crippen molar-refractivity contribution in [2.75, 3.05) is 6.61 Å². The van der Waals surface area contributed by atoms with Crippen LogP contribution in [0.2, 0.25) is 0 Å². The van der Waals surface area contributed by atoms with Crippen molar-refractivity contribution in [1.29, 1.82) is 0 Å². The molecule has 4 nitrogen and oxygen atoms in total. The lowest BCUT2D eigenvalue weighted by atomic mass is 9.93. The lowest BCUT2D eigenvalue weighted by Crippen LogP contribution is -2.54. The lowest BCUT2D eigenvalue weighted by Gasteiger charge is -2.37. The van der Waals surface area contributed by atoms with E-state index in [4.69, 9.17) is 9.84 Å². The number of hydrogen-bond donors (Lipinski definition) is 3. The highest BCUT2D eigenvalue weighted by Gasteiger charge is 2.38. The standard InChI is InChI=1S/C8H16O4/c1-4(2)8-7(11)6(10)5(9)3-12-8/h4-11H,3H2,1-2H3/t5-,6-,7?,8-/m1/s1. The van der Waals surface area contributed by atoms with Crippen molar-refractivity contribution < 1.29 is 20.1 Å². The normalized spacial score (nSPS) is 43.5. The van der Waals surface area contributed by atoms with Gasteiger partial charge in [-0.2, -0.15) is 0 Å². The van der Waals surface area contributed by atoms with Crippen LogP contribution in [0.5, 0.6) is 0 Å². The monoisotopic (exact) mass is 176 g/mol. The fourth-order valence-electron chi connectivity index (χ4n) is 1.42. The van der Waals surface area contributed by atoms with Crippen molar-refractivity contribution in [3.05, 3.63) is 0 Å². The molecular formula is C8H16O4. The summed E-state index contributed by atoms with van der Waals surface area (Å²) in [6.07, 6.45) is -3.39. The first kappa shape index (κ1) is 9.92. The second kappa shape index (κ2) is 3.70. The van der Waals surface area contributed by atoms with E-state index in [2.05, 4.69) is 0 Å². The molecule has 1 saturated heterocycles. The Morgan fingerprint density at radius 1 is 1.17 bits per heavy atom. The first-order valence-electron chi connectivity index (χ1n) is 4.20. The van der Waals surface area contributed by atoms with E-state index < -0.39 is 18.3 Å². The third kappa shape index (κ3) is 1.77. The van der Waals surface area contributed by atoms with E-state index in [9.17, 15) is 10.2 Å². The Bertz CT molecular complexity index is 148. The molecule has 0 amide bonds. The van der Waals surface area contributed by atoms with Gasteiger partial charge in [-0.15, -0.1) is 0 Å². The quantitative estimate of drug-likeness (QED) is 0.485. The lowest BCUT2D eigenvalue weighted by molar-refractivity contribution is -0.197. The van der Waals surface area contributed by atoms with E-state index in [1.807, 2.05) is 13.8 Å². The molecule has 0 saturated carbocycles. The Hall–Kier alpha value is -0.160. The SMILES string of the molecule is CC(C)[C@H]1OC[C@@H](O)[C@@H](O)C1O. The number of aliphatic hydroxyl groups is 3. The molecule has 0 aliphatic carbocycles. The highest BCUT2D eigenvalue weighted by atomic mass is 16.5. The van der Waals surface area contributed by atoms with E-state index in [0.717, 1.165) is 0 Å².